The van der Waals surface area contributed by atoms with Gasteiger partial charge in [-0.25, -0.2) is 23.7 Å². The van der Waals surface area contributed by atoms with Crippen LogP contribution in [0.25, 0.3) is 22.4 Å². The maximum absolute atomic E-state index is 15.0. The molecule has 2 saturated carbocycles. The molecule has 2 aliphatic carbocycles. The second kappa shape index (κ2) is 8.51. The second-order valence-electron chi connectivity index (χ2n) is 10.5. The van der Waals surface area contributed by atoms with Crippen LogP contribution in [0.5, 0.6) is 0 Å². The summed E-state index contributed by atoms with van der Waals surface area (Å²) in [7, 11) is 0. The number of aromatic nitrogens is 6. The van der Waals surface area contributed by atoms with Crippen molar-refractivity contribution in [1.82, 2.24) is 29.7 Å². The van der Waals surface area contributed by atoms with Crippen LogP contribution < -0.4 is 4.90 Å². The first-order valence-electron chi connectivity index (χ1n) is 12.9. The molecule has 10 heteroatoms. The molecule has 37 heavy (non-hydrogen) atoms. The molecular weight excluding hydrogens is 476 g/mol. The van der Waals surface area contributed by atoms with Gasteiger partial charge in [-0.15, -0.1) is 0 Å². The summed E-state index contributed by atoms with van der Waals surface area (Å²) >= 11 is 0. The molecule has 0 N–H and O–H groups in total. The lowest BCUT2D eigenvalue weighted by molar-refractivity contribution is -0.0390. The molecule has 1 aliphatic heterocycles. The van der Waals surface area contributed by atoms with E-state index in [0.717, 1.165) is 43.0 Å². The van der Waals surface area contributed by atoms with Crippen molar-refractivity contribution in [3.63, 3.8) is 0 Å². The van der Waals surface area contributed by atoms with Crippen LogP contribution in [0.2, 0.25) is 0 Å². The van der Waals surface area contributed by atoms with Gasteiger partial charge in [0.15, 0.2) is 5.65 Å². The number of halogens is 2. The van der Waals surface area contributed by atoms with Crippen LogP contribution in [0.1, 0.15) is 54.8 Å². The monoisotopic (exact) mass is 503 g/mol. The molecule has 0 amide bonds. The van der Waals surface area contributed by atoms with Crippen LogP contribution in [-0.2, 0) is 4.74 Å². The lowest BCUT2D eigenvalue weighted by atomic mass is 10.1. The fourth-order valence-corrected chi connectivity index (χ4v) is 5.03. The minimum absolute atomic E-state index is 0.0409. The Bertz CT molecular complexity index is 1510. The Morgan fingerprint density at radius 3 is 2.51 bits per heavy atom. The van der Waals surface area contributed by atoms with Gasteiger partial charge in [-0.05, 0) is 57.6 Å². The Hall–Kier alpha value is -3.53. The zero-order valence-corrected chi connectivity index (χ0v) is 20.7. The Labute approximate surface area is 212 Å². The number of benzene rings is 1. The third-order valence-corrected chi connectivity index (χ3v) is 7.59. The van der Waals surface area contributed by atoms with Crippen molar-refractivity contribution < 1.29 is 13.5 Å². The first-order valence-corrected chi connectivity index (χ1v) is 12.9. The van der Waals surface area contributed by atoms with Gasteiger partial charge in [0.2, 0.25) is 5.95 Å². The lowest BCUT2D eigenvalue weighted by Crippen LogP contribution is -2.45. The van der Waals surface area contributed by atoms with E-state index < -0.39 is 11.6 Å². The molecule has 0 unspecified atom stereocenters. The number of hydrogen-bond donors (Lipinski definition) is 0. The second-order valence-corrected chi connectivity index (χ2v) is 10.5. The highest BCUT2D eigenvalue weighted by molar-refractivity contribution is 5.88. The fourth-order valence-electron chi connectivity index (χ4n) is 5.03. The van der Waals surface area contributed by atoms with Crippen LogP contribution in [0, 0.1) is 31.4 Å². The van der Waals surface area contributed by atoms with Gasteiger partial charge in [0.1, 0.15) is 28.9 Å². The molecule has 3 aliphatic rings. The maximum atomic E-state index is 15.0. The van der Waals surface area contributed by atoms with Gasteiger partial charge in [0.25, 0.3) is 0 Å². The average Bonchev–Trinajstić information content (AvgIpc) is 3.83. The summed E-state index contributed by atoms with van der Waals surface area (Å²) in [5, 5.41) is 4.56. The zero-order chi connectivity index (χ0) is 25.3. The van der Waals surface area contributed by atoms with E-state index in [4.69, 9.17) is 14.7 Å². The van der Waals surface area contributed by atoms with Gasteiger partial charge in [-0.3, -0.25) is 4.68 Å². The summed E-state index contributed by atoms with van der Waals surface area (Å²) in [6.45, 7) is 4.88. The van der Waals surface area contributed by atoms with E-state index in [1.54, 1.807) is 0 Å². The molecule has 7 rings (SSSR count). The molecule has 0 spiro atoms. The van der Waals surface area contributed by atoms with Gasteiger partial charge in [-0.2, -0.15) is 10.1 Å². The van der Waals surface area contributed by atoms with E-state index in [-0.39, 0.29) is 17.8 Å². The molecule has 0 radical (unpaired) electrons. The number of ether oxygens (including phenoxy) is 1. The molecule has 3 aromatic heterocycles. The van der Waals surface area contributed by atoms with Gasteiger partial charge < -0.3 is 9.64 Å². The van der Waals surface area contributed by atoms with Crippen molar-refractivity contribution in [1.29, 1.82) is 0 Å². The van der Waals surface area contributed by atoms with Crippen molar-refractivity contribution in [2.24, 2.45) is 5.92 Å². The summed E-state index contributed by atoms with van der Waals surface area (Å²) < 4.78 is 37.3. The Kier molecular flexibility index (Phi) is 5.21. The topological polar surface area (TPSA) is 81.9 Å². The Morgan fingerprint density at radius 2 is 1.76 bits per heavy atom. The molecule has 190 valence electrons. The molecule has 4 aromatic rings. The summed E-state index contributed by atoms with van der Waals surface area (Å²) in [6.07, 6.45) is 8.46. The zero-order valence-electron chi connectivity index (χ0n) is 20.7. The molecule has 8 nitrogen and oxygen atoms in total. The van der Waals surface area contributed by atoms with Gasteiger partial charge in [0.05, 0.1) is 36.3 Å². The van der Waals surface area contributed by atoms with Crippen LogP contribution in [0.3, 0.4) is 0 Å². The third-order valence-electron chi connectivity index (χ3n) is 7.59. The molecule has 1 aromatic carbocycles. The first kappa shape index (κ1) is 22.7. The average molecular weight is 504 g/mol. The molecule has 1 saturated heterocycles. The maximum Gasteiger partial charge on any atom is 0.228 e. The van der Waals surface area contributed by atoms with Crippen LogP contribution in [0.15, 0.2) is 30.6 Å². The number of anilines is 1. The number of morpholine rings is 1. The van der Waals surface area contributed by atoms with Gasteiger partial charge in [0, 0.05) is 29.9 Å². The van der Waals surface area contributed by atoms with Crippen molar-refractivity contribution in [3.05, 3.63) is 59.2 Å². The predicted octanol–water partition coefficient (Wildman–Crippen LogP) is 4.87. The quantitative estimate of drug-likeness (QED) is 0.384. The highest BCUT2D eigenvalue weighted by Crippen LogP contribution is 2.41. The number of hydrogen-bond acceptors (Lipinski definition) is 7. The number of rotatable bonds is 5. The Balaban J connectivity index is 1.32. The standard InChI is InChI=1S/C27H27F2N7O/c1-14-15(2)32-26-25(31-14)24(20-8-5-18(28)9-21(20)29)33-27(34-26)35-12-22(16-3-4-16)37-23(13-35)17-10-30-36(11-17)19-6-7-19/h5,8-11,16,19,22-23H,3-4,6-7,12-13H2,1-2H3/t22-,23+/m0/s1. The SMILES string of the molecule is Cc1nc2nc(N3C[C@@H](C4CC4)O[C@@H](c4cnn(C5CC5)c4)C3)nc(-c3ccc(F)cc3F)c2nc1C. The van der Waals surface area contributed by atoms with E-state index in [1.165, 1.54) is 12.1 Å². The van der Waals surface area contributed by atoms with Crippen LogP contribution in [0.4, 0.5) is 14.7 Å². The molecule has 3 fully saturated rings. The first-order chi connectivity index (χ1) is 17.9. The number of nitrogens with zero attached hydrogens (tertiary/aromatic N) is 7. The third kappa shape index (κ3) is 4.22. The van der Waals surface area contributed by atoms with Crippen molar-refractivity contribution in [3.8, 4) is 11.3 Å². The summed E-state index contributed by atoms with van der Waals surface area (Å²) in [6, 6.07) is 3.98. The largest absolute Gasteiger partial charge is 0.366 e. The smallest absolute Gasteiger partial charge is 0.228 e. The van der Waals surface area contributed by atoms with Crippen molar-refractivity contribution in [2.75, 3.05) is 18.0 Å². The van der Waals surface area contributed by atoms with E-state index in [2.05, 4.69) is 26.2 Å². The molecule has 0 bridgehead atoms. The normalized spacial score (nSPS) is 22.1. The van der Waals surface area contributed by atoms with E-state index in [9.17, 15) is 8.78 Å². The van der Waals surface area contributed by atoms with Crippen molar-refractivity contribution >= 4 is 17.1 Å². The fraction of sp³-hybridized carbons (Fsp3) is 0.444. The summed E-state index contributed by atoms with van der Waals surface area (Å²) in [4.78, 5) is 21.0. The van der Waals surface area contributed by atoms with E-state index in [0.29, 0.717) is 53.5 Å². The van der Waals surface area contributed by atoms with E-state index in [1.807, 2.05) is 24.7 Å². The summed E-state index contributed by atoms with van der Waals surface area (Å²) in [5.41, 5.74) is 3.75. The van der Waals surface area contributed by atoms with Crippen LogP contribution in [-0.4, -0.2) is 48.9 Å². The highest BCUT2D eigenvalue weighted by atomic mass is 19.1. The minimum atomic E-state index is -0.700. The summed E-state index contributed by atoms with van der Waals surface area (Å²) in [5.74, 6) is -0.401. The van der Waals surface area contributed by atoms with Gasteiger partial charge in [-0.1, -0.05) is 0 Å². The molecule has 2 atom stereocenters. The van der Waals surface area contributed by atoms with E-state index >= 15 is 0 Å². The molecule has 4 heterocycles. The molecular formula is C27H27F2N7O. The lowest BCUT2D eigenvalue weighted by Gasteiger charge is -2.38. The highest BCUT2D eigenvalue weighted by Gasteiger charge is 2.40. The minimum Gasteiger partial charge on any atom is -0.366 e. The number of aryl methyl sites for hydroxylation is 2. The van der Waals surface area contributed by atoms with Gasteiger partial charge >= 0.3 is 0 Å². The Morgan fingerprint density at radius 1 is 0.946 bits per heavy atom. The van der Waals surface area contributed by atoms with Crippen LogP contribution >= 0.6 is 0 Å². The van der Waals surface area contributed by atoms with Crippen molar-refractivity contribution in [2.45, 2.75) is 57.8 Å². The predicted molar refractivity (Wildman–Crippen MR) is 133 cm³/mol. The number of fused-ring (bicyclic) bond motifs is 1.